The molecule has 1 atom stereocenters. The highest BCUT2D eigenvalue weighted by Gasteiger charge is 2.22. The minimum atomic E-state index is -3.79. The number of benzene rings is 1. The standard InChI is InChI=1S/C13H16ClNO6S/c1-19-13(16)9-2-3-12(11(14)6-9)22(17,18)15-7-10-4-5-20-8-21-10/h2-3,6,10,15H,4-5,7-8H2,1H3/t10-/m0/s1. The first-order valence-corrected chi connectivity index (χ1v) is 8.37. The molecule has 122 valence electrons. The van der Waals surface area contributed by atoms with Gasteiger partial charge in [-0.1, -0.05) is 11.6 Å². The van der Waals surface area contributed by atoms with Crippen molar-refractivity contribution in [3.63, 3.8) is 0 Å². The van der Waals surface area contributed by atoms with Crippen molar-refractivity contribution in [2.45, 2.75) is 17.4 Å². The number of esters is 1. The van der Waals surface area contributed by atoms with E-state index in [4.69, 9.17) is 21.1 Å². The molecule has 0 aliphatic carbocycles. The Morgan fingerprint density at radius 1 is 1.50 bits per heavy atom. The lowest BCUT2D eigenvalue weighted by Gasteiger charge is -2.23. The SMILES string of the molecule is COC(=O)c1ccc(S(=O)(=O)NC[C@@H]2CCOCO2)c(Cl)c1. The van der Waals surface area contributed by atoms with Crippen molar-refractivity contribution in [3.05, 3.63) is 28.8 Å². The maximum Gasteiger partial charge on any atom is 0.337 e. The van der Waals surface area contributed by atoms with Gasteiger partial charge in [0, 0.05) is 6.54 Å². The Morgan fingerprint density at radius 2 is 2.27 bits per heavy atom. The number of hydrogen-bond acceptors (Lipinski definition) is 6. The van der Waals surface area contributed by atoms with Gasteiger partial charge in [-0.15, -0.1) is 0 Å². The Hall–Kier alpha value is -1.19. The van der Waals surface area contributed by atoms with Crippen molar-refractivity contribution in [3.8, 4) is 0 Å². The number of halogens is 1. The molecule has 0 radical (unpaired) electrons. The summed E-state index contributed by atoms with van der Waals surface area (Å²) in [7, 11) is -2.56. The van der Waals surface area contributed by atoms with Crippen LogP contribution in [0.15, 0.2) is 23.1 Å². The van der Waals surface area contributed by atoms with Gasteiger partial charge in [0.25, 0.3) is 0 Å². The summed E-state index contributed by atoms with van der Waals surface area (Å²) in [5.74, 6) is -0.589. The lowest BCUT2D eigenvalue weighted by Crippen LogP contribution is -2.37. The van der Waals surface area contributed by atoms with Crippen molar-refractivity contribution in [1.29, 1.82) is 0 Å². The van der Waals surface area contributed by atoms with Gasteiger partial charge < -0.3 is 14.2 Å². The Morgan fingerprint density at radius 3 is 2.86 bits per heavy atom. The number of sulfonamides is 1. The third kappa shape index (κ3) is 4.17. The smallest absolute Gasteiger partial charge is 0.337 e. The molecule has 2 rings (SSSR count). The van der Waals surface area contributed by atoms with Crippen LogP contribution in [0.1, 0.15) is 16.8 Å². The molecule has 1 heterocycles. The van der Waals surface area contributed by atoms with Crippen LogP contribution < -0.4 is 4.72 Å². The van der Waals surface area contributed by atoms with E-state index in [0.717, 1.165) is 0 Å². The maximum atomic E-state index is 12.2. The van der Waals surface area contributed by atoms with Crippen molar-refractivity contribution in [2.75, 3.05) is 27.1 Å². The molecule has 1 aromatic carbocycles. The van der Waals surface area contributed by atoms with Gasteiger partial charge in [0.1, 0.15) is 11.7 Å². The minimum absolute atomic E-state index is 0.0525. The van der Waals surface area contributed by atoms with Gasteiger partial charge in [-0.3, -0.25) is 0 Å². The zero-order valence-corrected chi connectivity index (χ0v) is 13.4. The van der Waals surface area contributed by atoms with Gasteiger partial charge in [-0.2, -0.15) is 0 Å². The third-order valence-electron chi connectivity index (χ3n) is 3.11. The van der Waals surface area contributed by atoms with Crippen LogP contribution in [0.25, 0.3) is 0 Å². The molecular weight excluding hydrogens is 334 g/mol. The molecule has 0 aromatic heterocycles. The van der Waals surface area contributed by atoms with Gasteiger partial charge in [-0.25, -0.2) is 17.9 Å². The van der Waals surface area contributed by atoms with E-state index in [-0.39, 0.29) is 34.9 Å². The largest absolute Gasteiger partial charge is 0.465 e. The van der Waals surface area contributed by atoms with Crippen LogP contribution in [-0.2, 0) is 24.2 Å². The van der Waals surface area contributed by atoms with Crippen LogP contribution in [0.2, 0.25) is 5.02 Å². The van der Waals surface area contributed by atoms with Crippen molar-refractivity contribution < 1.29 is 27.4 Å². The lowest BCUT2D eigenvalue weighted by atomic mass is 10.2. The van der Waals surface area contributed by atoms with Gasteiger partial charge in [0.2, 0.25) is 10.0 Å². The fraction of sp³-hybridized carbons (Fsp3) is 0.462. The van der Waals surface area contributed by atoms with Crippen LogP contribution >= 0.6 is 11.6 Å². The lowest BCUT2D eigenvalue weighted by molar-refractivity contribution is -0.136. The van der Waals surface area contributed by atoms with E-state index in [2.05, 4.69) is 9.46 Å². The molecule has 1 aliphatic heterocycles. The molecule has 1 N–H and O–H groups in total. The first kappa shape index (κ1) is 17.2. The van der Waals surface area contributed by atoms with E-state index < -0.39 is 16.0 Å². The summed E-state index contributed by atoms with van der Waals surface area (Å²) >= 11 is 5.96. The van der Waals surface area contributed by atoms with Crippen LogP contribution in [-0.4, -0.2) is 47.5 Å². The van der Waals surface area contributed by atoms with Crippen molar-refractivity contribution in [1.82, 2.24) is 4.72 Å². The Kier molecular flexibility index (Phi) is 5.76. The summed E-state index contributed by atoms with van der Waals surface area (Å²) in [6.45, 7) is 0.808. The molecule has 0 spiro atoms. The molecule has 1 aliphatic rings. The fourth-order valence-electron chi connectivity index (χ4n) is 1.91. The number of ether oxygens (including phenoxy) is 3. The number of rotatable bonds is 5. The maximum absolute atomic E-state index is 12.2. The highest BCUT2D eigenvalue weighted by atomic mass is 35.5. The fourth-order valence-corrected chi connectivity index (χ4v) is 3.52. The van der Waals surface area contributed by atoms with Gasteiger partial charge in [0.15, 0.2) is 0 Å². The Bertz CT molecular complexity index is 642. The predicted molar refractivity (Wildman–Crippen MR) is 78.3 cm³/mol. The zero-order valence-electron chi connectivity index (χ0n) is 11.9. The molecular formula is C13H16ClNO6S. The van der Waals surface area contributed by atoms with E-state index in [0.29, 0.717) is 13.0 Å². The topological polar surface area (TPSA) is 90.9 Å². The highest BCUT2D eigenvalue weighted by Crippen LogP contribution is 2.23. The molecule has 9 heteroatoms. The molecule has 1 fully saturated rings. The number of carbonyl (C=O) groups is 1. The summed E-state index contributed by atoms with van der Waals surface area (Å²) in [6, 6.07) is 3.87. The van der Waals surface area contributed by atoms with Gasteiger partial charge in [0.05, 0.1) is 30.4 Å². The van der Waals surface area contributed by atoms with E-state index in [9.17, 15) is 13.2 Å². The number of carbonyl (C=O) groups excluding carboxylic acids is 1. The van der Waals surface area contributed by atoms with E-state index in [1.54, 1.807) is 0 Å². The molecule has 0 unspecified atom stereocenters. The van der Waals surface area contributed by atoms with E-state index in [1.807, 2.05) is 0 Å². The first-order chi connectivity index (χ1) is 10.4. The van der Waals surface area contributed by atoms with Crippen molar-refractivity contribution in [2.24, 2.45) is 0 Å². The molecule has 22 heavy (non-hydrogen) atoms. The monoisotopic (exact) mass is 349 g/mol. The van der Waals surface area contributed by atoms with Crippen molar-refractivity contribution >= 4 is 27.6 Å². The molecule has 0 saturated carbocycles. The van der Waals surface area contributed by atoms with Crippen LogP contribution in [0, 0.1) is 0 Å². The highest BCUT2D eigenvalue weighted by molar-refractivity contribution is 7.89. The molecule has 1 saturated heterocycles. The summed E-state index contributed by atoms with van der Waals surface area (Å²) in [4.78, 5) is 11.3. The minimum Gasteiger partial charge on any atom is -0.465 e. The summed E-state index contributed by atoms with van der Waals surface area (Å²) in [5.41, 5.74) is 0.180. The molecule has 7 nitrogen and oxygen atoms in total. The summed E-state index contributed by atoms with van der Waals surface area (Å²) in [6.07, 6.45) is 0.369. The summed E-state index contributed by atoms with van der Waals surface area (Å²) < 4.78 is 41.8. The number of methoxy groups -OCH3 is 1. The first-order valence-electron chi connectivity index (χ1n) is 6.51. The molecule has 0 amide bonds. The number of hydrogen-bond donors (Lipinski definition) is 1. The average Bonchev–Trinajstić information content (AvgIpc) is 2.53. The zero-order chi connectivity index (χ0) is 16.2. The van der Waals surface area contributed by atoms with Gasteiger partial charge in [-0.05, 0) is 24.6 Å². The predicted octanol–water partition coefficient (Wildman–Crippen LogP) is 1.17. The van der Waals surface area contributed by atoms with Crippen LogP contribution in [0.3, 0.4) is 0 Å². The third-order valence-corrected chi connectivity index (χ3v) is 5.02. The Balaban J connectivity index is 2.09. The molecule has 0 bridgehead atoms. The van der Waals surface area contributed by atoms with Crippen LogP contribution in [0.5, 0.6) is 0 Å². The second-order valence-electron chi connectivity index (χ2n) is 4.59. The van der Waals surface area contributed by atoms with E-state index >= 15 is 0 Å². The quantitative estimate of drug-likeness (QED) is 0.802. The van der Waals surface area contributed by atoms with Gasteiger partial charge >= 0.3 is 5.97 Å². The molecule has 1 aromatic rings. The van der Waals surface area contributed by atoms with E-state index in [1.165, 1.54) is 25.3 Å². The summed E-state index contributed by atoms with van der Waals surface area (Å²) in [5, 5.41) is -0.0525. The second kappa shape index (κ2) is 7.38. The van der Waals surface area contributed by atoms with Crippen LogP contribution in [0.4, 0.5) is 0 Å². The normalized spacial score (nSPS) is 18.9. The Labute approximate surface area is 133 Å². The second-order valence-corrected chi connectivity index (χ2v) is 6.73. The average molecular weight is 350 g/mol. The number of nitrogens with one attached hydrogen (secondary N) is 1.